The van der Waals surface area contributed by atoms with E-state index in [1.807, 2.05) is 6.20 Å². The zero-order valence-corrected chi connectivity index (χ0v) is 9.23. The second kappa shape index (κ2) is 4.88. The van der Waals surface area contributed by atoms with E-state index in [1.165, 1.54) is 5.56 Å². The van der Waals surface area contributed by atoms with Gasteiger partial charge in [0.15, 0.2) is 0 Å². The van der Waals surface area contributed by atoms with Crippen molar-refractivity contribution < 1.29 is 0 Å². The molecule has 0 aromatic carbocycles. The van der Waals surface area contributed by atoms with E-state index >= 15 is 0 Å². The van der Waals surface area contributed by atoms with Crippen molar-refractivity contribution in [3.8, 4) is 0 Å². The van der Waals surface area contributed by atoms with Crippen molar-refractivity contribution in [3.05, 3.63) is 28.5 Å². The minimum Gasteiger partial charge on any atom is -0.263 e. The molecule has 3 heteroatoms. The van der Waals surface area contributed by atoms with E-state index in [9.17, 15) is 0 Å². The van der Waals surface area contributed by atoms with Gasteiger partial charge in [-0.05, 0) is 40.4 Å². The number of hydrogen-bond acceptors (Lipinski definition) is 1. The first kappa shape index (κ1) is 9.20. The largest absolute Gasteiger partial charge is 0.263 e. The van der Waals surface area contributed by atoms with Crippen LogP contribution >= 0.6 is 31.9 Å². The van der Waals surface area contributed by atoms with Crippen LogP contribution in [0.25, 0.3) is 0 Å². The van der Waals surface area contributed by atoms with Crippen LogP contribution < -0.4 is 0 Å². The van der Waals surface area contributed by atoms with E-state index in [-0.39, 0.29) is 0 Å². The first-order chi connectivity index (χ1) is 5.33. The predicted molar refractivity (Wildman–Crippen MR) is 54.1 cm³/mol. The van der Waals surface area contributed by atoms with Gasteiger partial charge in [0.05, 0.1) is 0 Å². The van der Waals surface area contributed by atoms with Crippen LogP contribution in [-0.2, 0) is 6.42 Å². The lowest BCUT2D eigenvalue weighted by Crippen LogP contribution is -1.86. The van der Waals surface area contributed by atoms with E-state index in [0.717, 1.165) is 22.6 Å². The number of aryl methyl sites for hydroxylation is 1. The number of halogens is 2. The van der Waals surface area contributed by atoms with Gasteiger partial charge in [0, 0.05) is 22.2 Å². The van der Waals surface area contributed by atoms with Gasteiger partial charge in [0.25, 0.3) is 0 Å². The summed E-state index contributed by atoms with van der Waals surface area (Å²) < 4.78 is 1.06. The Labute approximate surface area is 83.5 Å². The normalized spacial score (nSPS) is 10.0. The summed E-state index contributed by atoms with van der Waals surface area (Å²) in [6, 6.07) is 2.11. The summed E-state index contributed by atoms with van der Waals surface area (Å²) in [5.74, 6) is 0. The summed E-state index contributed by atoms with van der Waals surface area (Å²) in [5, 5.41) is 1.06. The molecule has 0 aliphatic rings. The van der Waals surface area contributed by atoms with E-state index in [4.69, 9.17) is 0 Å². The van der Waals surface area contributed by atoms with Crippen molar-refractivity contribution in [2.75, 3.05) is 5.33 Å². The van der Waals surface area contributed by atoms with Crippen LogP contribution in [0.1, 0.15) is 12.0 Å². The first-order valence-electron chi connectivity index (χ1n) is 3.48. The van der Waals surface area contributed by atoms with Crippen molar-refractivity contribution in [2.24, 2.45) is 0 Å². The average molecular weight is 279 g/mol. The van der Waals surface area contributed by atoms with Crippen LogP contribution in [0, 0.1) is 0 Å². The molecule has 0 amide bonds. The van der Waals surface area contributed by atoms with Crippen molar-refractivity contribution in [2.45, 2.75) is 12.8 Å². The zero-order chi connectivity index (χ0) is 8.10. The van der Waals surface area contributed by atoms with Crippen molar-refractivity contribution >= 4 is 31.9 Å². The smallest absolute Gasteiger partial charge is 0.0410 e. The minimum absolute atomic E-state index is 1.06. The van der Waals surface area contributed by atoms with Crippen molar-refractivity contribution in [3.63, 3.8) is 0 Å². The fourth-order valence-corrected chi connectivity index (χ4v) is 1.56. The Kier molecular flexibility index (Phi) is 4.08. The maximum absolute atomic E-state index is 4.07. The average Bonchev–Trinajstić information content (AvgIpc) is 2.01. The van der Waals surface area contributed by atoms with E-state index in [1.54, 1.807) is 6.20 Å². The number of nitrogens with zero attached hydrogens (tertiary/aromatic N) is 1. The van der Waals surface area contributed by atoms with Crippen LogP contribution in [0.15, 0.2) is 22.9 Å². The molecule has 1 heterocycles. The molecule has 11 heavy (non-hydrogen) atoms. The van der Waals surface area contributed by atoms with Gasteiger partial charge >= 0.3 is 0 Å². The van der Waals surface area contributed by atoms with Gasteiger partial charge in [-0.2, -0.15) is 0 Å². The SMILES string of the molecule is BrCCCc1cncc(Br)c1. The third kappa shape index (κ3) is 3.34. The third-order valence-corrected chi connectivity index (χ3v) is 2.35. The van der Waals surface area contributed by atoms with Crippen molar-refractivity contribution in [1.82, 2.24) is 4.98 Å². The molecule has 0 aliphatic carbocycles. The molecule has 1 aromatic heterocycles. The third-order valence-electron chi connectivity index (χ3n) is 1.36. The van der Waals surface area contributed by atoms with Gasteiger partial charge in [0.2, 0.25) is 0 Å². The number of alkyl halides is 1. The fourth-order valence-electron chi connectivity index (χ4n) is 0.864. The van der Waals surface area contributed by atoms with Crippen LogP contribution in [0.5, 0.6) is 0 Å². The second-order valence-corrected chi connectivity index (χ2v) is 4.01. The lowest BCUT2D eigenvalue weighted by Gasteiger charge is -1.97. The molecule has 0 atom stereocenters. The molecule has 0 N–H and O–H groups in total. The van der Waals surface area contributed by atoms with E-state index in [0.29, 0.717) is 0 Å². The van der Waals surface area contributed by atoms with Gasteiger partial charge in [-0.1, -0.05) is 15.9 Å². The fraction of sp³-hybridized carbons (Fsp3) is 0.375. The van der Waals surface area contributed by atoms with Gasteiger partial charge in [-0.15, -0.1) is 0 Å². The highest BCUT2D eigenvalue weighted by Crippen LogP contribution is 2.11. The number of rotatable bonds is 3. The maximum Gasteiger partial charge on any atom is 0.0410 e. The molecule has 1 nitrogen and oxygen atoms in total. The van der Waals surface area contributed by atoms with Crippen molar-refractivity contribution in [1.29, 1.82) is 0 Å². The van der Waals surface area contributed by atoms with E-state index < -0.39 is 0 Å². The highest BCUT2D eigenvalue weighted by atomic mass is 79.9. The number of hydrogen-bond donors (Lipinski definition) is 0. The van der Waals surface area contributed by atoms with Crippen LogP contribution in [0.4, 0.5) is 0 Å². The summed E-state index contributed by atoms with van der Waals surface area (Å²) >= 11 is 6.77. The summed E-state index contributed by atoms with van der Waals surface area (Å²) in [7, 11) is 0. The molecule has 1 aromatic rings. The molecule has 0 spiro atoms. The van der Waals surface area contributed by atoms with E-state index in [2.05, 4.69) is 42.9 Å². The van der Waals surface area contributed by atoms with Gasteiger partial charge in [0.1, 0.15) is 0 Å². The summed E-state index contributed by atoms with van der Waals surface area (Å²) in [5.41, 5.74) is 1.29. The molecule has 0 aliphatic heterocycles. The summed E-state index contributed by atoms with van der Waals surface area (Å²) in [6.07, 6.45) is 5.97. The summed E-state index contributed by atoms with van der Waals surface area (Å²) in [6.45, 7) is 0. The Hall–Kier alpha value is 0.110. The topological polar surface area (TPSA) is 12.9 Å². The number of pyridine rings is 1. The summed E-state index contributed by atoms with van der Waals surface area (Å²) in [4.78, 5) is 4.07. The molecular formula is C8H9Br2N. The standard InChI is InChI=1S/C8H9Br2N/c9-3-1-2-7-4-8(10)6-11-5-7/h4-6H,1-3H2. The highest BCUT2D eigenvalue weighted by Gasteiger charge is 1.93. The van der Waals surface area contributed by atoms with Gasteiger partial charge in [-0.25, -0.2) is 0 Å². The molecule has 0 unspecified atom stereocenters. The molecule has 0 bridgehead atoms. The Morgan fingerprint density at radius 3 is 2.82 bits per heavy atom. The van der Waals surface area contributed by atoms with Crippen LogP contribution in [0.3, 0.4) is 0 Å². The number of aromatic nitrogens is 1. The highest BCUT2D eigenvalue weighted by molar-refractivity contribution is 9.10. The van der Waals surface area contributed by atoms with Gasteiger partial charge in [-0.3, -0.25) is 4.98 Å². The minimum atomic E-state index is 1.06. The Morgan fingerprint density at radius 1 is 1.36 bits per heavy atom. The monoisotopic (exact) mass is 277 g/mol. The molecule has 0 saturated carbocycles. The molecule has 60 valence electrons. The Balaban J connectivity index is 2.56. The van der Waals surface area contributed by atoms with Gasteiger partial charge < -0.3 is 0 Å². The quantitative estimate of drug-likeness (QED) is 0.774. The Morgan fingerprint density at radius 2 is 2.18 bits per heavy atom. The van der Waals surface area contributed by atoms with Crippen LogP contribution in [0.2, 0.25) is 0 Å². The molecule has 0 saturated heterocycles. The molecule has 0 radical (unpaired) electrons. The lowest BCUT2D eigenvalue weighted by atomic mass is 10.2. The molecule has 1 rings (SSSR count). The molecule has 0 fully saturated rings. The zero-order valence-electron chi connectivity index (χ0n) is 6.06. The van der Waals surface area contributed by atoms with Crippen LogP contribution in [-0.4, -0.2) is 10.3 Å². The predicted octanol–water partition coefficient (Wildman–Crippen LogP) is 3.17. The molecular weight excluding hydrogens is 270 g/mol. The first-order valence-corrected chi connectivity index (χ1v) is 5.40. The second-order valence-electron chi connectivity index (χ2n) is 2.30. The lowest BCUT2D eigenvalue weighted by molar-refractivity contribution is 0.929. The Bertz CT molecular complexity index is 225. The maximum atomic E-state index is 4.07.